The zero-order valence-electron chi connectivity index (χ0n) is 21.6. The van der Waals surface area contributed by atoms with E-state index in [0.717, 1.165) is 16.8 Å². The molecule has 3 rings (SSSR count). The van der Waals surface area contributed by atoms with Crippen molar-refractivity contribution in [1.29, 1.82) is 0 Å². The lowest BCUT2D eigenvalue weighted by molar-refractivity contribution is -0.146. The molecule has 1 aliphatic rings. The van der Waals surface area contributed by atoms with Crippen molar-refractivity contribution in [2.45, 2.75) is 52.5 Å². The lowest BCUT2D eigenvalue weighted by Gasteiger charge is -2.33. The largest absolute Gasteiger partial charge is 0.481 e. The van der Waals surface area contributed by atoms with Gasteiger partial charge in [0.2, 0.25) is 11.8 Å². The van der Waals surface area contributed by atoms with E-state index in [9.17, 15) is 24.3 Å². The fraction of sp³-hybridized carbons (Fsp3) is 0.429. The average Bonchev–Trinajstić information content (AvgIpc) is 2.85. The highest BCUT2D eigenvalue weighted by Gasteiger charge is 2.31. The number of hydrogen-bond donors (Lipinski definition) is 4. The molecule has 2 aromatic rings. The minimum Gasteiger partial charge on any atom is -0.481 e. The Kier molecular flexibility index (Phi) is 9.65. The van der Waals surface area contributed by atoms with Crippen LogP contribution in [0.15, 0.2) is 48.5 Å². The van der Waals surface area contributed by atoms with Crippen molar-refractivity contribution in [3.05, 3.63) is 59.7 Å². The normalized spacial score (nSPS) is 14.6. The standard InChI is InChI=1S/C28H36N4O5/c1-18(2)16-24(26(34)32-14-12-21(13-15-32)27(35)36)30-25(33)17-20-8-10-22(11-9-20)29-28(37)31-23-7-5-4-6-19(23)3/h4-11,18,21,24H,12-17H2,1-3H3,(H,30,33)(H,35,36)(H2,29,31,37)/t24-/m0/s1. The smallest absolute Gasteiger partial charge is 0.323 e. The molecule has 1 aliphatic heterocycles. The Balaban J connectivity index is 1.53. The maximum atomic E-state index is 13.1. The minimum atomic E-state index is -0.827. The molecule has 0 saturated carbocycles. The molecule has 9 nitrogen and oxygen atoms in total. The molecule has 9 heteroatoms. The number of carboxylic acid groups (broad SMARTS) is 1. The number of piperidine rings is 1. The highest BCUT2D eigenvalue weighted by atomic mass is 16.4. The van der Waals surface area contributed by atoms with Gasteiger partial charge in [0.1, 0.15) is 6.04 Å². The molecule has 4 N–H and O–H groups in total. The van der Waals surface area contributed by atoms with Crippen molar-refractivity contribution >= 4 is 35.2 Å². The average molecular weight is 509 g/mol. The fourth-order valence-corrected chi connectivity index (χ4v) is 4.39. The van der Waals surface area contributed by atoms with Gasteiger partial charge in [0, 0.05) is 24.5 Å². The minimum absolute atomic E-state index is 0.0959. The van der Waals surface area contributed by atoms with Crippen LogP contribution in [-0.2, 0) is 20.8 Å². The van der Waals surface area contributed by atoms with Gasteiger partial charge < -0.3 is 26.0 Å². The van der Waals surface area contributed by atoms with E-state index in [-0.39, 0.29) is 30.2 Å². The first-order valence-corrected chi connectivity index (χ1v) is 12.7. The summed E-state index contributed by atoms with van der Waals surface area (Å²) >= 11 is 0. The summed E-state index contributed by atoms with van der Waals surface area (Å²) < 4.78 is 0. The van der Waals surface area contributed by atoms with Gasteiger partial charge in [-0.25, -0.2) is 4.79 Å². The molecular weight excluding hydrogens is 472 g/mol. The highest BCUT2D eigenvalue weighted by Crippen LogP contribution is 2.20. The Morgan fingerprint density at radius 3 is 2.22 bits per heavy atom. The van der Waals surface area contributed by atoms with Crippen LogP contribution in [0.5, 0.6) is 0 Å². The first-order valence-electron chi connectivity index (χ1n) is 12.7. The second-order valence-corrected chi connectivity index (χ2v) is 9.96. The highest BCUT2D eigenvalue weighted by molar-refractivity contribution is 6.00. The van der Waals surface area contributed by atoms with Crippen molar-refractivity contribution in [3.63, 3.8) is 0 Å². The summed E-state index contributed by atoms with van der Waals surface area (Å²) in [6.45, 7) is 6.66. The number of rotatable bonds is 9. The van der Waals surface area contributed by atoms with Crippen LogP contribution in [0.2, 0.25) is 0 Å². The van der Waals surface area contributed by atoms with Crippen LogP contribution >= 0.6 is 0 Å². The van der Waals surface area contributed by atoms with Gasteiger partial charge in [-0.15, -0.1) is 0 Å². The summed E-state index contributed by atoms with van der Waals surface area (Å²) in [4.78, 5) is 51.1. The molecule has 1 saturated heterocycles. The molecule has 4 amide bonds. The van der Waals surface area contributed by atoms with Gasteiger partial charge in [-0.3, -0.25) is 14.4 Å². The molecule has 37 heavy (non-hydrogen) atoms. The molecule has 0 unspecified atom stereocenters. The number of nitrogens with one attached hydrogen (secondary N) is 3. The van der Waals surface area contributed by atoms with E-state index in [1.165, 1.54) is 0 Å². The number of urea groups is 1. The second kappa shape index (κ2) is 12.9. The molecule has 2 aromatic carbocycles. The van der Waals surface area contributed by atoms with Crippen molar-refractivity contribution in [2.24, 2.45) is 11.8 Å². The Labute approximate surface area is 217 Å². The van der Waals surface area contributed by atoms with Crippen molar-refractivity contribution in [2.75, 3.05) is 23.7 Å². The predicted molar refractivity (Wildman–Crippen MR) is 142 cm³/mol. The van der Waals surface area contributed by atoms with Crippen LogP contribution in [0.4, 0.5) is 16.2 Å². The topological polar surface area (TPSA) is 128 Å². The number of anilines is 2. The van der Waals surface area contributed by atoms with E-state index in [2.05, 4.69) is 16.0 Å². The predicted octanol–water partition coefficient (Wildman–Crippen LogP) is 4.04. The van der Waals surface area contributed by atoms with Gasteiger partial charge >= 0.3 is 12.0 Å². The number of amides is 4. The quantitative estimate of drug-likeness (QED) is 0.407. The van der Waals surface area contributed by atoms with E-state index in [0.29, 0.717) is 38.0 Å². The van der Waals surface area contributed by atoms with Gasteiger partial charge in [0.25, 0.3) is 0 Å². The molecule has 1 fully saturated rings. The second-order valence-electron chi connectivity index (χ2n) is 9.96. The third kappa shape index (κ3) is 8.34. The summed E-state index contributed by atoms with van der Waals surface area (Å²) in [6, 6.07) is 13.5. The lowest BCUT2D eigenvalue weighted by Crippen LogP contribution is -2.51. The number of carboxylic acids is 1. The summed E-state index contributed by atoms with van der Waals surface area (Å²) in [5, 5.41) is 17.7. The Morgan fingerprint density at radius 2 is 1.62 bits per heavy atom. The molecule has 0 aromatic heterocycles. The summed E-state index contributed by atoms with van der Waals surface area (Å²) in [6.07, 6.45) is 1.44. The Hall–Kier alpha value is -3.88. The van der Waals surface area contributed by atoms with Gasteiger partial charge in [0.15, 0.2) is 0 Å². The number of para-hydroxylation sites is 1. The lowest BCUT2D eigenvalue weighted by atomic mass is 9.95. The Bertz CT molecular complexity index is 1110. The van der Waals surface area contributed by atoms with Crippen LogP contribution in [0, 0.1) is 18.8 Å². The summed E-state index contributed by atoms with van der Waals surface area (Å²) in [5.74, 6) is -1.48. The number of nitrogens with zero attached hydrogens (tertiary/aromatic N) is 1. The van der Waals surface area contributed by atoms with Crippen molar-refractivity contribution in [3.8, 4) is 0 Å². The van der Waals surface area contributed by atoms with Gasteiger partial charge in [-0.1, -0.05) is 44.2 Å². The maximum absolute atomic E-state index is 13.1. The number of aryl methyl sites for hydroxylation is 1. The Morgan fingerprint density at radius 1 is 0.973 bits per heavy atom. The molecular formula is C28H36N4O5. The molecule has 0 bridgehead atoms. The fourth-order valence-electron chi connectivity index (χ4n) is 4.39. The van der Waals surface area contributed by atoms with Crippen LogP contribution in [0.25, 0.3) is 0 Å². The molecule has 0 spiro atoms. The number of likely N-dealkylation sites (tertiary alicyclic amines) is 1. The van der Waals surface area contributed by atoms with E-state index < -0.39 is 17.9 Å². The van der Waals surface area contributed by atoms with Crippen LogP contribution in [-0.4, -0.2) is 53.0 Å². The monoisotopic (exact) mass is 508 g/mol. The molecule has 198 valence electrons. The van der Waals surface area contributed by atoms with Crippen molar-refractivity contribution < 1.29 is 24.3 Å². The van der Waals surface area contributed by atoms with Crippen LogP contribution in [0.1, 0.15) is 44.2 Å². The number of aliphatic carboxylic acids is 1. The molecule has 1 atom stereocenters. The molecule has 0 radical (unpaired) electrons. The van der Waals surface area contributed by atoms with E-state index in [1.54, 1.807) is 29.2 Å². The van der Waals surface area contributed by atoms with Gasteiger partial charge in [-0.2, -0.15) is 0 Å². The number of benzene rings is 2. The SMILES string of the molecule is Cc1ccccc1NC(=O)Nc1ccc(CC(=O)N[C@@H](CC(C)C)C(=O)N2CCC(C(=O)O)CC2)cc1. The third-order valence-electron chi connectivity index (χ3n) is 6.47. The number of carbonyl (C=O) groups is 4. The van der Waals surface area contributed by atoms with E-state index in [1.807, 2.05) is 45.0 Å². The first-order chi connectivity index (χ1) is 17.6. The summed E-state index contributed by atoms with van der Waals surface area (Å²) in [5.41, 5.74) is 3.02. The number of carbonyl (C=O) groups excluding carboxylic acids is 3. The van der Waals surface area contributed by atoms with Gasteiger partial charge in [0.05, 0.1) is 12.3 Å². The first kappa shape index (κ1) is 27.7. The van der Waals surface area contributed by atoms with Crippen molar-refractivity contribution in [1.82, 2.24) is 10.2 Å². The number of hydrogen-bond acceptors (Lipinski definition) is 4. The molecule has 0 aliphatic carbocycles. The van der Waals surface area contributed by atoms with E-state index >= 15 is 0 Å². The van der Waals surface area contributed by atoms with E-state index in [4.69, 9.17) is 0 Å². The maximum Gasteiger partial charge on any atom is 0.323 e. The molecule has 1 heterocycles. The third-order valence-corrected chi connectivity index (χ3v) is 6.47. The van der Waals surface area contributed by atoms with Crippen LogP contribution < -0.4 is 16.0 Å². The van der Waals surface area contributed by atoms with Gasteiger partial charge in [-0.05, 0) is 61.4 Å². The summed E-state index contributed by atoms with van der Waals surface area (Å²) in [7, 11) is 0. The zero-order chi connectivity index (χ0) is 26.9. The van der Waals surface area contributed by atoms with Crippen LogP contribution in [0.3, 0.4) is 0 Å². The zero-order valence-corrected chi connectivity index (χ0v) is 21.6.